The van der Waals surface area contributed by atoms with Crippen molar-refractivity contribution in [2.45, 2.75) is 17.4 Å². The molecule has 0 spiro atoms. The number of sulfonamides is 1. The highest BCUT2D eigenvalue weighted by Crippen LogP contribution is 2.35. The van der Waals surface area contributed by atoms with Crippen LogP contribution in [0, 0.1) is 0 Å². The molecule has 0 saturated carbocycles. The molecule has 0 aliphatic carbocycles. The first-order chi connectivity index (χ1) is 8.32. The minimum absolute atomic E-state index is 0. The van der Waals surface area contributed by atoms with Gasteiger partial charge >= 0.3 is 0 Å². The van der Waals surface area contributed by atoms with Crippen LogP contribution in [0.25, 0.3) is 0 Å². The summed E-state index contributed by atoms with van der Waals surface area (Å²) in [6.07, 6.45) is 0.644. The second-order valence-electron chi connectivity index (χ2n) is 4.11. The van der Waals surface area contributed by atoms with Gasteiger partial charge in [-0.3, -0.25) is 0 Å². The number of rotatable bonds is 2. The van der Waals surface area contributed by atoms with Crippen molar-refractivity contribution in [3.05, 3.63) is 26.7 Å². The van der Waals surface area contributed by atoms with E-state index in [9.17, 15) is 8.42 Å². The Morgan fingerprint density at radius 2 is 1.84 bits per heavy atom. The molecule has 0 amide bonds. The predicted octanol–water partition coefficient (Wildman–Crippen LogP) is 2.90. The topological polar surface area (TPSA) is 63.4 Å². The zero-order valence-corrected chi connectivity index (χ0v) is 14.4. The summed E-state index contributed by atoms with van der Waals surface area (Å²) >= 11 is 15.2. The zero-order chi connectivity index (χ0) is 13.5. The van der Waals surface area contributed by atoms with Crippen molar-refractivity contribution >= 4 is 61.6 Å². The molecule has 108 valence electrons. The maximum absolute atomic E-state index is 12.4. The van der Waals surface area contributed by atoms with E-state index in [0.29, 0.717) is 24.0 Å². The lowest BCUT2D eigenvalue weighted by Crippen LogP contribution is -2.32. The van der Waals surface area contributed by atoms with Gasteiger partial charge in [0.2, 0.25) is 10.0 Å². The van der Waals surface area contributed by atoms with Crippen molar-refractivity contribution in [3.8, 4) is 0 Å². The third-order valence-electron chi connectivity index (χ3n) is 2.75. The van der Waals surface area contributed by atoms with Crippen LogP contribution in [-0.2, 0) is 10.0 Å². The first-order valence-electron chi connectivity index (χ1n) is 5.22. The van der Waals surface area contributed by atoms with Gasteiger partial charge < -0.3 is 5.73 Å². The summed E-state index contributed by atoms with van der Waals surface area (Å²) in [5.74, 6) is 0. The summed E-state index contributed by atoms with van der Waals surface area (Å²) < 4.78 is 26.8. The van der Waals surface area contributed by atoms with Gasteiger partial charge in [0.25, 0.3) is 0 Å². The van der Waals surface area contributed by atoms with Gasteiger partial charge in [-0.05, 0) is 18.6 Å². The van der Waals surface area contributed by atoms with Crippen molar-refractivity contribution in [1.82, 2.24) is 4.31 Å². The molecule has 1 heterocycles. The molecule has 19 heavy (non-hydrogen) atoms. The van der Waals surface area contributed by atoms with Gasteiger partial charge in [0.15, 0.2) is 0 Å². The average molecular weight is 411 g/mol. The van der Waals surface area contributed by atoms with Gasteiger partial charge in [-0.1, -0.05) is 39.1 Å². The van der Waals surface area contributed by atoms with Crippen molar-refractivity contribution in [2.75, 3.05) is 13.1 Å². The molecule has 1 aromatic rings. The summed E-state index contributed by atoms with van der Waals surface area (Å²) in [5.41, 5.74) is 5.72. The van der Waals surface area contributed by atoms with Crippen molar-refractivity contribution in [1.29, 1.82) is 0 Å². The number of hydrogen-bond donors (Lipinski definition) is 1. The van der Waals surface area contributed by atoms with E-state index >= 15 is 0 Å². The third-order valence-corrected chi connectivity index (χ3v) is 5.99. The van der Waals surface area contributed by atoms with Gasteiger partial charge in [-0.15, -0.1) is 12.4 Å². The Morgan fingerprint density at radius 1 is 1.32 bits per heavy atom. The Kier molecular flexibility index (Phi) is 5.96. The number of nitrogens with two attached hydrogens (primary N) is 1. The third kappa shape index (κ3) is 3.56. The smallest absolute Gasteiger partial charge is 0.246 e. The summed E-state index contributed by atoms with van der Waals surface area (Å²) in [6, 6.07) is 2.89. The molecule has 2 rings (SSSR count). The van der Waals surface area contributed by atoms with Crippen LogP contribution in [0.1, 0.15) is 6.42 Å². The van der Waals surface area contributed by atoms with E-state index in [-0.39, 0.29) is 33.4 Å². The lowest BCUT2D eigenvalue weighted by Gasteiger charge is -2.18. The van der Waals surface area contributed by atoms with E-state index in [2.05, 4.69) is 15.9 Å². The molecule has 0 bridgehead atoms. The molecule has 1 aliphatic heterocycles. The van der Waals surface area contributed by atoms with E-state index in [1.54, 1.807) is 0 Å². The van der Waals surface area contributed by atoms with Gasteiger partial charge in [-0.25, -0.2) is 8.42 Å². The summed E-state index contributed by atoms with van der Waals surface area (Å²) in [5, 5.41) is 0.213. The Labute approximate surface area is 136 Å². The van der Waals surface area contributed by atoms with Crippen LogP contribution < -0.4 is 5.73 Å². The fourth-order valence-electron chi connectivity index (χ4n) is 1.88. The van der Waals surface area contributed by atoms with Gasteiger partial charge in [0, 0.05) is 23.6 Å². The number of nitrogens with zero attached hydrogens (tertiary/aromatic N) is 1. The van der Waals surface area contributed by atoms with E-state index in [1.807, 2.05) is 0 Å². The normalized spacial score (nSPS) is 20.3. The fraction of sp³-hybridized carbons (Fsp3) is 0.400. The Hall–Kier alpha value is 0.440. The van der Waals surface area contributed by atoms with E-state index in [1.165, 1.54) is 16.4 Å². The molecule has 1 saturated heterocycles. The van der Waals surface area contributed by atoms with Crippen LogP contribution in [0.4, 0.5) is 0 Å². The Bertz CT molecular complexity index is 559. The van der Waals surface area contributed by atoms with Crippen LogP contribution in [-0.4, -0.2) is 31.9 Å². The summed E-state index contributed by atoms with van der Waals surface area (Å²) in [4.78, 5) is -0.0527. The molecule has 2 N–H and O–H groups in total. The summed E-state index contributed by atoms with van der Waals surface area (Å²) in [7, 11) is -3.68. The average Bonchev–Trinajstić information content (AvgIpc) is 2.63. The first-order valence-corrected chi connectivity index (χ1v) is 8.21. The largest absolute Gasteiger partial charge is 0.326 e. The Morgan fingerprint density at radius 3 is 2.26 bits per heavy atom. The quantitative estimate of drug-likeness (QED) is 0.815. The molecular weight excluding hydrogens is 398 g/mol. The lowest BCUT2D eigenvalue weighted by molar-refractivity contribution is 0.472. The molecule has 0 radical (unpaired) electrons. The van der Waals surface area contributed by atoms with E-state index in [0.717, 1.165) is 0 Å². The second-order valence-corrected chi connectivity index (χ2v) is 7.72. The molecular formula is C10H12BrCl3N2O2S. The van der Waals surface area contributed by atoms with Gasteiger partial charge in [-0.2, -0.15) is 4.31 Å². The molecule has 1 aromatic carbocycles. The highest BCUT2D eigenvalue weighted by atomic mass is 79.9. The van der Waals surface area contributed by atoms with E-state index in [4.69, 9.17) is 28.9 Å². The van der Waals surface area contributed by atoms with Gasteiger partial charge in [0.1, 0.15) is 4.90 Å². The molecule has 1 atom stereocenters. The SMILES string of the molecule is Cl.N[C@@H]1CCN(S(=O)(=O)c2c(Cl)cc(Br)cc2Cl)C1. The maximum atomic E-state index is 12.4. The molecule has 9 heteroatoms. The monoisotopic (exact) mass is 408 g/mol. The standard InChI is InChI=1S/C10H11BrCl2N2O2S.ClH/c11-6-3-8(12)10(9(13)4-6)18(16,17)15-2-1-7(14)5-15;/h3-4,7H,1-2,5,14H2;1H/t7-;/m1./s1. The molecule has 0 unspecified atom stereocenters. The minimum atomic E-state index is -3.68. The maximum Gasteiger partial charge on any atom is 0.246 e. The highest BCUT2D eigenvalue weighted by molar-refractivity contribution is 9.10. The highest BCUT2D eigenvalue weighted by Gasteiger charge is 2.34. The molecule has 1 aliphatic rings. The zero-order valence-electron chi connectivity index (χ0n) is 9.64. The number of benzene rings is 1. The van der Waals surface area contributed by atoms with Crippen molar-refractivity contribution in [2.24, 2.45) is 5.73 Å². The van der Waals surface area contributed by atoms with Crippen molar-refractivity contribution < 1.29 is 8.42 Å². The van der Waals surface area contributed by atoms with Crippen LogP contribution >= 0.6 is 51.5 Å². The predicted molar refractivity (Wildman–Crippen MR) is 82.8 cm³/mol. The summed E-state index contributed by atoms with van der Waals surface area (Å²) in [6.45, 7) is 0.692. The van der Waals surface area contributed by atoms with Crippen LogP contribution in [0.3, 0.4) is 0 Å². The van der Waals surface area contributed by atoms with Gasteiger partial charge in [0.05, 0.1) is 10.0 Å². The Balaban J connectivity index is 0.00000180. The minimum Gasteiger partial charge on any atom is -0.326 e. The fourth-order valence-corrected chi connectivity index (χ4v) is 5.27. The van der Waals surface area contributed by atoms with Crippen LogP contribution in [0.15, 0.2) is 21.5 Å². The number of hydrogen-bond acceptors (Lipinski definition) is 3. The van der Waals surface area contributed by atoms with Crippen LogP contribution in [0.2, 0.25) is 10.0 Å². The van der Waals surface area contributed by atoms with Crippen molar-refractivity contribution in [3.63, 3.8) is 0 Å². The molecule has 0 aromatic heterocycles. The first kappa shape index (κ1) is 17.5. The molecule has 4 nitrogen and oxygen atoms in total. The van der Waals surface area contributed by atoms with E-state index < -0.39 is 10.0 Å². The molecule has 1 fully saturated rings. The van der Waals surface area contributed by atoms with Crippen LogP contribution in [0.5, 0.6) is 0 Å². The second kappa shape index (κ2) is 6.47. The number of halogens is 4. The lowest BCUT2D eigenvalue weighted by atomic mass is 10.3.